The van der Waals surface area contributed by atoms with Crippen molar-refractivity contribution in [3.05, 3.63) is 53.6 Å². The average molecular weight is 483 g/mol. The molecule has 27 heavy (non-hydrogen) atoms. The lowest BCUT2D eigenvalue weighted by Crippen LogP contribution is -2.23. The standard InChI is InChI=1S/C21H29N3O2.HI/c1-21(2,3)16-8-6-15(7-9-16)12-13-23-20(22)24-17-10-11-18(25-4)19(14-17)26-5;/h6-11,14H,12-13H2,1-5H3,(H3,22,23,24);1H. The highest BCUT2D eigenvalue weighted by Crippen LogP contribution is 2.29. The first-order valence-corrected chi connectivity index (χ1v) is 8.72. The van der Waals surface area contributed by atoms with Gasteiger partial charge in [-0.1, -0.05) is 45.0 Å². The Labute approximate surface area is 179 Å². The monoisotopic (exact) mass is 483 g/mol. The van der Waals surface area contributed by atoms with Gasteiger partial charge in [-0.2, -0.15) is 0 Å². The van der Waals surface area contributed by atoms with Crippen LogP contribution in [0.2, 0.25) is 0 Å². The Morgan fingerprint density at radius 1 is 1.00 bits per heavy atom. The average Bonchev–Trinajstić information content (AvgIpc) is 2.61. The number of hydrogen-bond acceptors (Lipinski definition) is 3. The zero-order chi connectivity index (χ0) is 19.2. The summed E-state index contributed by atoms with van der Waals surface area (Å²) >= 11 is 0. The number of ether oxygens (including phenoxy) is 2. The Hall–Kier alpha value is -1.96. The molecule has 0 unspecified atom stereocenters. The molecule has 0 aliphatic rings. The summed E-state index contributed by atoms with van der Waals surface area (Å²) < 4.78 is 10.5. The molecule has 0 aromatic heterocycles. The second-order valence-corrected chi connectivity index (χ2v) is 7.16. The molecule has 148 valence electrons. The van der Waals surface area contributed by atoms with Crippen molar-refractivity contribution in [3.63, 3.8) is 0 Å². The van der Waals surface area contributed by atoms with Gasteiger partial charge in [0.15, 0.2) is 17.5 Å². The van der Waals surface area contributed by atoms with Gasteiger partial charge >= 0.3 is 0 Å². The normalized spacial score (nSPS) is 11.5. The number of methoxy groups -OCH3 is 2. The highest BCUT2D eigenvalue weighted by molar-refractivity contribution is 14.0. The van der Waals surface area contributed by atoms with E-state index >= 15 is 0 Å². The van der Waals surface area contributed by atoms with Gasteiger partial charge in [-0.05, 0) is 35.1 Å². The molecule has 0 aliphatic heterocycles. The molecule has 0 radical (unpaired) electrons. The van der Waals surface area contributed by atoms with E-state index in [1.54, 1.807) is 14.2 Å². The quantitative estimate of drug-likeness (QED) is 0.359. The predicted octanol–water partition coefficient (Wildman–Crippen LogP) is 4.59. The fourth-order valence-corrected chi connectivity index (χ4v) is 2.58. The number of guanidine groups is 1. The van der Waals surface area contributed by atoms with E-state index < -0.39 is 0 Å². The summed E-state index contributed by atoms with van der Waals surface area (Å²) in [7, 11) is 3.21. The van der Waals surface area contributed by atoms with Gasteiger partial charge < -0.3 is 20.5 Å². The van der Waals surface area contributed by atoms with Crippen LogP contribution in [-0.4, -0.2) is 26.7 Å². The van der Waals surface area contributed by atoms with Gasteiger partial charge in [0.25, 0.3) is 0 Å². The molecule has 0 atom stereocenters. The molecular weight excluding hydrogens is 453 g/mol. The molecule has 0 spiro atoms. The summed E-state index contributed by atoms with van der Waals surface area (Å²) in [6, 6.07) is 14.2. The summed E-state index contributed by atoms with van der Waals surface area (Å²) in [6.07, 6.45) is 0.846. The zero-order valence-corrected chi connectivity index (χ0v) is 19.0. The first-order chi connectivity index (χ1) is 12.3. The van der Waals surface area contributed by atoms with Crippen molar-refractivity contribution in [2.75, 3.05) is 26.1 Å². The van der Waals surface area contributed by atoms with Crippen LogP contribution in [-0.2, 0) is 11.8 Å². The molecule has 0 aliphatic carbocycles. The van der Waals surface area contributed by atoms with E-state index in [0.717, 1.165) is 12.1 Å². The first-order valence-electron chi connectivity index (χ1n) is 8.72. The maximum Gasteiger partial charge on any atom is 0.193 e. The van der Waals surface area contributed by atoms with Crippen molar-refractivity contribution in [1.29, 1.82) is 0 Å². The van der Waals surface area contributed by atoms with Crippen molar-refractivity contribution < 1.29 is 9.47 Å². The van der Waals surface area contributed by atoms with Crippen LogP contribution in [0.25, 0.3) is 0 Å². The third-order valence-electron chi connectivity index (χ3n) is 4.16. The fraction of sp³-hybridized carbons (Fsp3) is 0.381. The predicted molar refractivity (Wildman–Crippen MR) is 124 cm³/mol. The van der Waals surface area contributed by atoms with Gasteiger partial charge in [0.2, 0.25) is 0 Å². The van der Waals surface area contributed by atoms with Crippen LogP contribution in [0.15, 0.2) is 47.5 Å². The minimum atomic E-state index is 0. The Bertz CT molecular complexity index is 753. The Balaban J connectivity index is 0.00000364. The highest BCUT2D eigenvalue weighted by atomic mass is 127. The molecule has 2 aromatic carbocycles. The Morgan fingerprint density at radius 2 is 1.63 bits per heavy atom. The minimum absolute atomic E-state index is 0. The SMILES string of the molecule is COc1ccc(NC(N)=NCCc2ccc(C(C)(C)C)cc2)cc1OC.I. The third kappa shape index (κ3) is 6.93. The highest BCUT2D eigenvalue weighted by Gasteiger charge is 2.12. The second kappa shape index (κ2) is 10.4. The van der Waals surface area contributed by atoms with Crippen LogP contribution in [0, 0.1) is 0 Å². The summed E-state index contributed by atoms with van der Waals surface area (Å²) in [5.41, 5.74) is 9.54. The molecule has 0 fully saturated rings. The van der Waals surface area contributed by atoms with Crippen LogP contribution in [0.3, 0.4) is 0 Å². The number of anilines is 1. The van der Waals surface area contributed by atoms with E-state index in [4.69, 9.17) is 15.2 Å². The smallest absolute Gasteiger partial charge is 0.193 e. The van der Waals surface area contributed by atoms with E-state index in [9.17, 15) is 0 Å². The third-order valence-corrected chi connectivity index (χ3v) is 4.16. The number of benzene rings is 2. The maximum absolute atomic E-state index is 5.98. The molecule has 0 heterocycles. The lowest BCUT2D eigenvalue weighted by Gasteiger charge is -2.19. The number of rotatable bonds is 6. The summed E-state index contributed by atoms with van der Waals surface area (Å²) in [5.74, 6) is 1.69. The molecule has 2 rings (SSSR count). The van der Waals surface area contributed by atoms with Crippen molar-refractivity contribution in [3.8, 4) is 11.5 Å². The molecule has 0 amide bonds. The number of nitrogens with two attached hydrogens (primary N) is 1. The molecule has 0 bridgehead atoms. The van der Waals surface area contributed by atoms with E-state index in [2.05, 4.69) is 55.3 Å². The fourth-order valence-electron chi connectivity index (χ4n) is 2.58. The van der Waals surface area contributed by atoms with Crippen molar-refractivity contribution >= 4 is 35.6 Å². The summed E-state index contributed by atoms with van der Waals surface area (Å²) in [4.78, 5) is 4.40. The number of hydrogen-bond donors (Lipinski definition) is 2. The van der Waals surface area contributed by atoms with Crippen molar-refractivity contribution in [1.82, 2.24) is 0 Å². The number of halogens is 1. The lowest BCUT2D eigenvalue weighted by molar-refractivity contribution is 0.355. The Morgan fingerprint density at radius 3 is 2.19 bits per heavy atom. The summed E-state index contributed by atoms with van der Waals surface area (Å²) in [6.45, 7) is 7.27. The van der Waals surface area contributed by atoms with Crippen molar-refractivity contribution in [2.45, 2.75) is 32.6 Å². The number of nitrogens with one attached hydrogen (secondary N) is 1. The van der Waals surface area contributed by atoms with Crippen LogP contribution >= 0.6 is 24.0 Å². The van der Waals surface area contributed by atoms with E-state index in [-0.39, 0.29) is 29.4 Å². The second-order valence-electron chi connectivity index (χ2n) is 7.16. The number of aliphatic imine (C=N–C) groups is 1. The van der Waals surface area contributed by atoms with E-state index in [0.29, 0.717) is 24.0 Å². The number of nitrogens with zero attached hydrogens (tertiary/aromatic N) is 1. The van der Waals surface area contributed by atoms with E-state index in [1.165, 1.54) is 11.1 Å². The van der Waals surface area contributed by atoms with Crippen LogP contribution in [0.4, 0.5) is 5.69 Å². The molecule has 5 nitrogen and oxygen atoms in total. The van der Waals surface area contributed by atoms with E-state index in [1.807, 2.05) is 18.2 Å². The molecule has 6 heteroatoms. The molecule has 2 aromatic rings. The van der Waals surface area contributed by atoms with Gasteiger partial charge in [0.1, 0.15) is 0 Å². The van der Waals surface area contributed by atoms with Gasteiger partial charge in [0, 0.05) is 18.3 Å². The van der Waals surface area contributed by atoms with Crippen LogP contribution < -0.4 is 20.5 Å². The summed E-state index contributed by atoms with van der Waals surface area (Å²) in [5, 5.41) is 3.08. The lowest BCUT2D eigenvalue weighted by atomic mass is 9.86. The van der Waals surface area contributed by atoms with Gasteiger partial charge in [-0.25, -0.2) is 0 Å². The molecule has 3 N–H and O–H groups in total. The van der Waals surface area contributed by atoms with Gasteiger partial charge in [0.05, 0.1) is 14.2 Å². The molecule has 0 saturated heterocycles. The molecule has 0 saturated carbocycles. The van der Waals surface area contributed by atoms with Crippen LogP contribution in [0.5, 0.6) is 11.5 Å². The first kappa shape index (κ1) is 23.1. The Kier molecular flexibility index (Phi) is 8.88. The van der Waals surface area contributed by atoms with Gasteiger partial charge in [-0.3, -0.25) is 4.99 Å². The topological polar surface area (TPSA) is 68.9 Å². The largest absolute Gasteiger partial charge is 0.493 e. The van der Waals surface area contributed by atoms with Crippen LogP contribution in [0.1, 0.15) is 31.9 Å². The minimum Gasteiger partial charge on any atom is -0.493 e. The van der Waals surface area contributed by atoms with Gasteiger partial charge in [-0.15, -0.1) is 24.0 Å². The zero-order valence-electron chi connectivity index (χ0n) is 16.7. The maximum atomic E-state index is 5.98. The van der Waals surface area contributed by atoms with Crippen molar-refractivity contribution in [2.24, 2.45) is 10.7 Å². The molecular formula is C21H30IN3O2.